The van der Waals surface area contributed by atoms with E-state index in [9.17, 15) is 18.0 Å². The predicted molar refractivity (Wildman–Crippen MR) is 153 cm³/mol. The number of carbonyl (C=O) groups is 2. The van der Waals surface area contributed by atoms with Gasteiger partial charge in [-0.3, -0.25) is 13.9 Å². The maximum Gasteiger partial charge on any atom is 0.244 e. The van der Waals surface area contributed by atoms with Gasteiger partial charge in [0.15, 0.2) is 0 Å². The number of halogens is 1. The van der Waals surface area contributed by atoms with Crippen molar-refractivity contribution in [2.24, 2.45) is 0 Å². The van der Waals surface area contributed by atoms with Gasteiger partial charge in [-0.15, -0.1) is 0 Å². The van der Waals surface area contributed by atoms with E-state index in [0.29, 0.717) is 17.2 Å². The van der Waals surface area contributed by atoms with Crippen LogP contribution in [0.2, 0.25) is 0 Å². The van der Waals surface area contributed by atoms with Gasteiger partial charge in [0.25, 0.3) is 0 Å². The standard InChI is InChI=1S/C28H32BrN3O5S/c1-20(2)30-28(34)21(3)31(18-22-9-8-10-23(29)17-22)27(33)19-32(38(4,35)36)24-13-15-26(16-14-24)37-25-11-6-5-7-12-25/h5-17,20-21H,18-19H2,1-4H3,(H,30,34)/t21-/m1/s1. The molecular formula is C28H32BrN3O5S. The van der Waals surface area contributed by atoms with Crippen LogP contribution in [0.4, 0.5) is 5.69 Å². The number of nitrogens with zero attached hydrogens (tertiary/aromatic N) is 2. The second-order valence-electron chi connectivity index (χ2n) is 9.17. The largest absolute Gasteiger partial charge is 0.457 e. The molecule has 0 aliphatic heterocycles. The second kappa shape index (κ2) is 12.9. The summed E-state index contributed by atoms with van der Waals surface area (Å²) in [6, 6.07) is 22.1. The number of rotatable bonds is 11. The van der Waals surface area contributed by atoms with E-state index in [1.165, 1.54) is 4.90 Å². The fourth-order valence-corrected chi connectivity index (χ4v) is 5.03. The van der Waals surface area contributed by atoms with Crippen LogP contribution in [0.3, 0.4) is 0 Å². The first-order valence-electron chi connectivity index (χ1n) is 12.1. The number of para-hydroxylation sites is 1. The van der Waals surface area contributed by atoms with E-state index in [-0.39, 0.29) is 18.5 Å². The molecule has 0 saturated carbocycles. The third-order valence-electron chi connectivity index (χ3n) is 5.62. The van der Waals surface area contributed by atoms with Crippen LogP contribution in [0.25, 0.3) is 0 Å². The molecule has 2 amide bonds. The monoisotopic (exact) mass is 601 g/mol. The second-order valence-corrected chi connectivity index (χ2v) is 12.0. The Morgan fingerprint density at radius 3 is 2.13 bits per heavy atom. The van der Waals surface area contributed by atoms with Gasteiger partial charge in [0.1, 0.15) is 24.1 Å². The summed E-state index contributed by atoms with van der Waals surface area (Å²) in [5, 5.41) is 2.83. The Morgan fingerprint density at radius 1 is 0.921 bits per heavy atom. The molecule has 10 heteroatoms. The average molecular weight is 603 g/mol. The number of carbonyl (C=O) groups excluding carboxylic acids is 2. The van der Waals surface area contributed by atoms with Crippen LogP contribution in [0, 0.1) is 0 Å². The van der Waals surface area contributed by atoms with Crippen molar-refractivity contribution in [1.29, 1.82) is 0 Å². The van der Waals surface area contributed by atoms with Gasteiger partial charge in [-0.25, -0.2) is 8.42 Å². The first-order chi connectivity index (χ1) is 17.9. The number of hydrogen-bond acceptors (Lipinski definition) is 5. The van der Waals surface area contributed by atoms with Crippen LogP contribution >= 0.6 is 15.9 Å². The SMILES string of the molecule is CC(C)NC(=O)[C@@H](C)N(Cc1cccc(Br)c1)C(=O)CN(c1ccc(Oc2ccccc2)cc1)S(C)(=O)=O. The number of nitrogens with one attached hydrogen (secondary N) is 1. The molecule has 3 aromatic carbocycles. The Hall–Kier alpha value is -3.37. The molecule has 1 N–H and O–H groups in total. The molecule has 0 bridgehead atoms. The van der Waals surface area contributed by atoms with Gasteiger partial charge in [0.05, 0.1) is 11.9 Å². The molecule has 0 aliphatic carbocycles. The summed E-state index contributed by atoms with van der Waals surface area (Å²) in [6.45, 7) is 4.97. The van der Waals surface area contributed by atoms with Crippen molar-refractivity contribution < 1.29 is 22.7 Å². The highest BCUT2D eigenvalue weighted by Crippen LogP contribution is 2.26. The molecule has 0 saturated heterocycles. The Kier molecular flexibility index (Phi) is 9.93. The number of sulfonamides is 1. The summed E-state index contributed by atoms with van der Waals surface area (Å²) in [6.07, 6.45) is 1.04. The molecule has 0 aromatic heterocycles. The Bertz CT molecular complexity index is 1350. The molecule has 202 valence electrons. The first kappa shape index (κ1) is 29.2. The summed E-state index contributed by atoms with van der Waals surface area (Å²) >= 11 is 3.43. The van der Waals surface area contributed by atoms with Gasteiger partial charge >= 0.3 is 0 Å². The number of benzene rings is 3. The summed E-state index contributed by atoms with van der Waals surface area (Å²) in [5.74, 6) is 0.338. The van der Waals surface area contributed by atoms with E-state index in [0.717, 1.165) is 20.6 Å². The zero-order valence-corrected chi connectivity index (χ0v) is 24.2. The smallest absolute Gasteiger partial charge is 0.244 e. The molecule has 0 spiro atoms. The quantitative estimate of drug-likeness (QED) is 0.335. The molecule has 3 aromatic rings. The molecule has 1 atom stereocenters. The van der Waals surface area contributed by atoms with Crippen LogP contribution in [0.5, 0.6) is 11.5 Å². The van der Waals surface area contributed by atoms with Crippen molar-refractivity contribution in [3.63, 3.8) is 0 Å². The van der Waals surface area contributed by atoms with E-state index in [1.807, 2.05) is 68.4 Å². The van der Waals surface area contributed by atoms with E-state index >= 15 is 0 Å². The van der Waals surface area contributed by atoms with Crippen molar-refractivity contribution in [3.05, 3.63) is 88.9 Å². The molecule has 0 fully saturated rings. The Morgan fingerprint density at radius 2 is 1.55 bits per heavy atom. The summed E-state index contributed by atoms with van der Waals surface area (Å²) in [7, 11) is -3.83. The molecule has 0 unspecified atom stereocenters. The number of ether oxygens (including phenoxy) is 1. The first-order valence-corrected chi connectivity index (χ1v) is 14.7. The van der Waals surface area contributed by atoms with Crippen molar-refractivity contribution in [1.82, 2.24) is 10.2 Å². The van der Waals surface area contributed by atoms with Crippen LogP contribution in [0.15, 0.2) is 83.3 Å². The van der Waals surface area contributed by atoms with Gasteiger partial charge in [-0.05, 0) is 74.9 Å². The molecule has 3 rings (SSSR count). The Balaban J connectivity index is 1.86. The summed E-state index contributed by atoms with van der Waals surface area (Å²) in [5.41, 5.74) is 1.10. The van der Waals surface area contributed by atoms with E-state index in [1.54, 1.807) is 31.2 Å². The summed E-state index contributed by atoms with van der Waals surface area (Å²) < 4.78 is 33.2. The number of amides is 2. The average Bonchev–Trinajstić information content (AvgIpc) is 2.85. The fraction of sp³-hybridized carbons (Fsp3) is 0.286. The maximum absolute atomic E-state index is 13.6. The van der Waals surface area contributed by atoms with Crippen LogP contribution in [-0.2, 0) is 26.2 Å². The van der Waals surface area contributed by atoms with Crippen LogP contribution < -0.4 is 14.4 Å². The Labute approximate surface area is 232 Å². The van der Waals surface area contributed by atoms with Gasteiger partial charge in [0, 0.05) is 17.1 Å². The molecular weight excluding hydrogens is 570 g/mol. The highest BCUT2D eigenvalue weighted by molar-refractivity contribution is 9.10. The lowest BCUT2D eigenvalue weighted by Gasteiger charge is -2.32. The van der Waals surface area contributed by atoms with E-state index in [2.05, 4.69) is 21.2 Å². The number of hydrogen-bond donors (Lipinski definition) is 1. The number of anilines is 1. The molecule has 38 heavy (non-hydrogen) atoms. The maximum atomic E-state index is 13.6. The predicted octanol–water partition coefficient (Wildman–Crippen LogP) is 4.95. The molecule has 8 nitrogen and oxygen atoms in total. The van der Waals surface area contributed by atoms with Gasteiger partial charge in [0.2, 0.25) is 21.8 Å². The molecule has 0 aliphatic rings. The minimum absolute atomic E-state index is 0.114. The van der Waals surface area contributed by atoms with Gasteiger partial charge in [-0.2, -0.15) is 0 Å². The minimum Gasteiger partial charge on any atom is -0.457 e. The highest BCUT2D eigenvalue weighted by Gasteiger charge is 2.30. The van der Waals surface area contributed by atoms with E-state index in [4.69, 9.17) is 4.74 Å². The lowest BCUT2D eigenvalue weighted by molar-refractivity contribution is -0.139. The normalized spacial score (nSPS) is 12.1. The van der Waals surface area contributed by atoms with E-state index < -0.39 is 28.5 Å². The zero-order chi connectivity index (χ0) is 27.9. The van der Waals surface area contributed by atoms with Crippen molar-refractivity contribution in [2.45, 2.75) is 39.4 Å². The zero-order valence-electron chi connectivity index (χ0n) is 21.8. The third kappa shape index (κ3) is 8.32. The lowest BCUT2D eigenvalue weighted by atomic mass is 10.1. The van der Waals surface area contributed by atoms with Crippen LogP contribution in [0.1, 0.15) is 26.3 Å². The van der Waals surface area contributed by atoms with Gasteiger partial charge in [-0.1, -0.05) is 46.3 Å². The fourth-order valence-electron chi connectivity index (χ4n) is 3.74. The van der Waals surface area contributed by atoms with Gasteiger partial charge < -0.3 is 15.0 Å². The third-order valence-corrected chi connectivity index (χ3v) is 7.26. The topological polar surface area (TPSA) is 96.0 Å². The molecule has 0 radical (unpaired) electrons. The van der Waals surface area contributed by atoms with Crippen molar-refractivity contribution in [3.8, 4) is 11.5 Å². The van der Waals surface area contributed by atoms with Crippen molar-refractivity contribution in [2.75, 3.05) is 17.1 Å². The lowest BCUT2D eigenvalue weighted by Crippen LogP contribution is -2.52. The van der Waals surface area contributed by atoms with Crippen molar-refractivity contribution >= 4 is 43.5 Å². The molecule has 0 heterocycles. The summed E-state index contributed by atoms with van der Waals surface area (Å²) in [4.78, 5) is 27.8. The van der Waals surface area contributed by atoms with Crippen LogP contribution in [-0.4, -0.2) is 50.0 Å². The minimum atomic E-state index is -3.83. The highest BCUT2D eigenvalue weighted by atomic mass is 79.9.